The summed E-state index contributed by atoms with van der Waals surface area (Å²) < 4.78 is 5.33. The Hall–Kier alpha value is -0.730. The van der Waals surface area contributed by atoms with Gasteiger partial charge in [0.1, 0.15) is 5.75 Å². The van der Waals surface area contributed by atoms with Crippen LogP contribution < -0.4 is 10.1 Å². The van der Waals surface area contributed by atoms with Gasteiger partial charge >= 0.3 is 0 Å². The maximum absolute atomic E-state index is 6.20. The van der Waals surface area contributed by atoms with E-state index in [1.54, 1.807) is 7.11 Å². The summed E-state index contributed by atoms with van der Waals surface area (Å²) in [5.74, 6) is 1.48. The molecule has 0 aliphatic rings. The van der Waals surface area contributed by atoms with Gasteiger partial charge in [-0.15, -0.1) is 0 Å². The first-order chi connectivity index (χ1) is 8.38. The van der Waals surface area contributed by atoms with Crippen molar-refractivity contribution < 1.29 is 4.74 Å². The smallest absolute Gasteiger partial charge is 0.124 e. The third-order valence-corrected chi connectivity index (χ3v) is 4.10. The van der Waals surface area contributed by atoms with E-state index in [-0.39, 0.29) is 5.41 Å². The molecule has 1 N–H and O–H groups in total. The van der Waals surface area contributed by atoms with Gasteiger partial charge in [-0.3, -0.25) is 0 Å². The zero-order valence-corrected chi connectivity index (χ0v) is 12.8. The summed E-state index contributed by atoms with van der Waals surface area (Å²) in [7, 11) is 1.67. The van der Waals surface area contributed by atoms with Gasteiger partial charge in [0.25, 0.3) is 0 Å². The number of halogens is 1. The molecule has 0 aliphatic carbocycles. The second kappa shape index (κ2) is 6.44. The normalized spacial score (nSPS) is 11.9. The second-order valence-corrected chi connectivity index (χ2v) is 6.07. The summed E-state index contributed by atoms with van der Waals surface area (Å²) in [6, 6.07) is 5.74. The Kier molecular flexibility index (Phi) is 5.48. The van der Waals surface area contributed by atoms with Crippen molar-refractivity contribution in [1.82, 2.24) is 5.32 Å². The molecule has 0 saturated heterocycles. The van der Waals surface area contributed by atoms with Crippen LogP contribution in [0.4, 0.5) is 0 Å². The zero-order chi connectivity index (χ0) is 13.8. The SMILES string of the molecule is COc1cccc(Cl)c1CNCC(C)(C)C(C)C. The summed E-state index contributed by atoms with van der Waals surface area (Å²) in [4.78, 5) is 0. The molecule has 2 nitrogen and oxygen atoms in total. The average molecular weight is 270 g/mol. The predicted octanol–water partition coefficient (Wildman–Crippen LogP) is 4.12. The van der Waals surface area contributed by atoms with Gasteiger partial charge < -0.3 is 10.1 Å². The molecule has 0 bridgehead atoms. The molecule has 0 atom stereocenters. The van der Waals surface area contributed by atoms with Crippen LogP contribution in [-0.2, 0) is 6.54 Å². The fraction of sp³-hybridized carbons (Fsp3) is 0.600. The minimum absolute atomic E-state index is 0.272. The van der Waals surface area contributed by atoms with Gasteiger partial charge in [-0.1, -0.05) is 45.4 Å². The minimum atomic E-state index is 0.272. The highest BCUT2D eigenvalue weighted by Gasteiger charge is 2.21. The lowest BCUT2D eigenvalue weighted by molar-refractivity contribution is 0.237. The number of methoxy groups -OCH3 is 1. The molecule has 1 aromatic rings. The van der Waals surface area contributed by atoms with Crippen LogP contribution in [0.2, 0.25) is 5.02 Å². The summed E-state index contributed by atoms with van der Waals surface area (Å²) >= 11 is 6.20. The quantitative estimate of drug-likeness (QED) is 0.839. The Morgan fingerprint density at radius 1 is 1.33 bits per heavy atom. The van der Waals surface area contributed by atoms with Crippen molar-refractivity contribution in [3.8, 4) is 5.75 Å². The Morgan fingerprint density at radius 2 is 2.00 bits per heavy atom. The van der Waals surface area contributed by atoms with Gasteiger partial charge in [0, 0.05) is 23.7 Å². The first-order valence-corrected chi connectivity index (χ1v) is 6.78. The molecule has 3 heteroatoms. The first-order valence-electron chi connectivity index (χ1n) is 6.40. The first kappa shape index (κ1) is 15.3. The van der Waals surface area contributed by atoms with E-state index in [4.69, 9.17) is 16.3 Å². The van der Waals surface area contributed by atoms with Crippen molar-refractivity contribution in [2.45, 2.75) is 34.2 Å². The fourth-order valence-corrected chi connectivity index (χ4v) is 1.85. The topological polar surface area (TPSA) is 21.3 Å². The van der Waals surface area contributed by atoms with Gasteiger partial charge in [0.05, 0.1) is 7.11 Å². The lowest BCUT2D eigenvalue weighted by Gasteiger charge is -2.29. The van der Waals surface area contributed by atoms with Crippen molar-refractivity contribution in [3.05, 3.63) is 28.8 Å². The van der Waals surface area contributed by atoms with Crippen molar-refractivity contribution in [1.29, 1.82) is 0 Å². The maximum Gasteiger partial charge on any atom is 0.124 e. The summed E-state index contributed by atoms with van der Waals surface area (Å²) in [6.45, 7) is 10.7. The van der Waals surface area contributed by atoms with Crippen LogP contribution >= 0.6 is 11.6 Å². The van der Waals surface area contributed by atoms with Crippen LogP contribution in [0, 0.1) is 11.3 Å². The molecule has 0 fully saturated rings. The van der Waals surface area contributed by atoms with E-state index in [2.05, 4.69) is 33.0 Å². The Labute approximate surface area is 116 Å². The molecule has 0 saturated carbocycles. The minimum Gasteiger partial charge on any atom is -0.496 e. The molecule has 1 rings (SSSR count). The molecule has 18 heavy (non-hydrogen) atoms. The molecular weight excluding hydrogens is 246 g/mol. The van der Waals surface area contributed by atoms with Gasteiger partial charge in [0.15, 0.2) is 0 Å². The Morgan fingerprint density at radius 3 is 2.56 bits per heavy atom. The molecule has 1 aromatic carbocycles. The third kappa shape index (κ3) is 3.89. The van der Waals surface area contributed by atoms with Crippen LogP contribution in [0.25, 0.3) is 0 Å². The van der Waals surface area contributed by atoms with E-state index in [1.807, 2.05) is 18.2 Å². The highest BCUT2D eigenvalue weighted by Crippen LogP contribution is 2.28. The molecule has 0 amide bonds. The number of ether oxygens (including phenoxy) is 1. The van der Waals surface area contributed by atoms with Gasteiger partial charge in [-0.05, 0) is 23.5 Å². The van der Waals surface area contributed by atoms with E-state index in [0.29, 0.717) is 5.92 Å². The molecule has 102 valence electrons. The van der Waals surface area contributed by atoms with Gasteiger partial charge in [-0.25, -0.2) is 0 Å². The number of nitrogens with one attached hydrogen (secondary N) is 1. The third-order valence-electron chi connectivity index (χ3n) is 3.74. The number of rotatable bonds is 6. The highest BCUT2D eigenvalue weighted by molar-refractivity contribution is 6.31. The maximum atomic E-state index is 6.20. The monoisotopic (exact) mass is 269 g/mol. The summed E-state index contributed by atoms with van der Waals surface area (Å²) in [5, 5.41) is 4.23. The van der Waals surface area contributed by atoms with Crippen LogP contribution in [0.15, 0.2) is 18.2 Å². The van der Waals surface area contributed by atoms with Crippen LogP contribution in [0.3, 0.4) is 0 Å². The molecular formula is C15H24ClNO. The van der Waals surface area contributed by atoms with E-state index in [0.717, 1.165) is 29.4 Å². The second-order valence-electron chi connectivity index (χ2n) is 5.67. The molecule has 0 radical (unpaired) electrons. The van der Waals surface area contributed by atoms with Crippen LogP contribution in [-0.4, -0.2) is 13.7 Å². The summed E-state index contributed by atoms with van der Waals surface area (Å²) in [5.41, 5.74) is 1.30. The highest BCUT2D eigenvalue weighted by atomic mass is 35.5. The van der Waals surface area contributed by atoms with Crippen LogP contribution in [0.1, 0.15) is 33.3 Å². The van der Waals surface area contributed by atoms with Gasteiger partial charge in [-0.2, -0.15) is 0 Å². The Bertz CT molecular complexity index is 388. The van der Waals surface area contributed by atoms with Crippen LogP contribution in [0.5, 0.6) is 5.75 Å². The lowest BCUT2D eigenvalue weighted by atomic mass is 9.81. The number of hydrogen-bond acceptors (Lipinski definition) is 2. The lowest BCUT2D eigenvalue weighted by Crippen LogP contribution is -2.33. The van der Waals surface area contributed by atoms with Crippen molar-refractivity contribution in [2.24, 2.45) is 11.3 Å². The van der Waals surface area contributed by atoms with Crippen molar-refractivity contribution in [2.75, 3.05) is 13.7 Å². The molecule has 0 unspecified atom stereocenters. The molecule has 0 heterocycles. The van der Waals surface area contributed by atoms with E-state index in [9.17, 15) is 0 Å². The number of hydrogen-bond donors (Lipinski definition) is 1. The molecule has 0 aromatic heterocycles. The van der Waals surface area contributed by atoms with E-state index in [1.165, 1.54) is 0 Å². The summed E-state index contributed by atoms with van der Waals surface area (Å²) in [6.07, 6.45) is 0. The average Bonchev–Trinajstić information content (AvgIpc) is 2.30. The van der Waals surface area contributed by atoms with E-state index >= 15 is 0 Å². The largest absolute Gasteiger partial charge is 0.496 e. The van der Waals surface area contributed by atoms with Crippen molar-refractivity contribution in [3.63, 3.8) is 0 Å². The molecule has 0 spiro atoms. The van der Waals surface area contributed by atoms with Gasteiger partial charge in [0.2, 0.25) is 0 Å². The molecule has 0 aliphatic heterocycles. The van der Waals surface area contributed by atoms with Crippen molar-refractivity contribution >= 4 is 11.6 Å². The standard InChI is InChI=1S/C15H24ClNO/c1-11(2)15(3,4)10-17-9-12-13(16)7-6-8-14(12)18-5/h6-8,11,17H,9-10H2,1-5H3. The number of benzene rings is 1. The zero-order valence-electron chi connectivity index (χ0n) is 12.0. The Balaban J connectivity index is 2.64. The fourth-order valence-electron chi connectivity index (χ4n) is 1.62. The van der Waals surface area contributed by atoms with E-state index < -0.39 is 0 Å². The predicted molar refractivity (Wildman–Crippen MR) is 78.3 cm³/mol.